The third-order valence-corrected chi connectivity index (χ3v) is 9.76. The SMILES string of the molecule is Cc1ccc(S(=O)(=O)N(CC(=O)N(Cc2ccccc2C)[C@@H](Cc2ccccc2)C(=O)NC(C)C)c2ccc(C)c(C)c2)cc1. The van der Waals surface area contributed by atoms with Crippen molar-refractivity contribution in [3.8, 4) is 0 Å². The number of nitrogens with one attached hydrogen (secondary N) is 1. The summed E-state index contributed by atoms with van der Waals surface area (Å²) in [6.45, 7) is 11.1. The molecule has 0 fully saturated rings. The molecular formula is C37H43N3O4S. The summed E-state index contributed by atoms with van der Waals surface area (Å²) in [5.41, 5.74) is 5.95. The van der Waals surface area contributed by atoms with Crippen LogP contribution in [-0.2, 0) is 32.6 Å². The molecule has 4 aromatic rings. The Morgan fingerprint density at radius 3 is 2.02 bits per heavy atom. The molecule has 0 aromatic heterocycles. The van der Waals surface area contributed by atoms with Gasteiger partial charge < -0.3 is 10.2 Å². The zero-order valence-corrected chi connectivity index (χ0v) is 27.8. The van der Waals surface area contributed by atoms with E-state index in [4.69, 9.17) is 0 Å². The Balaban J connectivity index is 1.83. The van der Waals surface area contributed by atoms with Crippen molar-refractivity contribution in [1.82, 2.24) is 10.2 Å². The standard InChI is InChI=1S/C37H43N3O4S/c1-26(2)38-37(42)35(23-31-13-8-7-9-14-31)39(24-32-15-11-10-12-29(32)5)36(41)25-40(33-19-18-28(4)30(6)22-33)45(43,44)34-20-16-27(3)17-21-34/h7-22,26,35H,23-25H2,1-6H3,(H,38,42)/t35-/m0/s1. The number of benzene rings is 4. The molecule has 7 nitrogen and oxygen atoms in total. The van der Waals surface area contributed by atoms with Gasteiger partial charge in [0.1, 0.15) is 12.6 Å². The molecule has 0 aliphatic carbocycles. The number of sulfonamides is 1. The Labute approximate surface area is 268 Å². The van der Waals surface area contributed by atoms with Crippen molar-refractivity contribution >= 4 is 27.5 Å². The summed E-state index contributed by atoms with van der Waals surface area (Å²) in [6, 6.07) is 28.2. The Morgan fingerprint density at radius 2 is 1.40 bits per heavy atom. The average molecular weight is 626 g/mol. The zero-order valence-electron chi connectivity index (χ0n) is 26.9. The number of nitrogens with zero attached hydrogens (tertiary/aromatic N) is 2. The van der Waals surface area contributed by atoms with Gasteiger partial charge in [-0.25, -0.2) is 8.42 Å². The molecule has 0 saturated heterocycles. The Kier molecular flexibility index (Phi) is 10.8. The molecule has 1 N–H and O–H groups in total. The van der Waals surface area contributed by atoms with Gasteiger partial charge >= 0.3 is 0 Å². The van der Waals surface area contributed by atoms with Crippen LogP contribution >= 0.6 is 0 Å². The van der Waals surface area contributed by atoms with Crippen LogP contribution in [0.3, 0.4) is 0 Å². The van der Waals surface area contributed by atoms with Crippen LogP contribution in [-0.4, -0.2) is 43.8 Å². The van der Waals surface area contributed by atoms with Crippen molar-refractivity contribution in [2.24, 2.45) is 0 Å². The smallest absolute Gasteiger partial charge is 0.264 e. The van der Waals surface area contributed by atoms with Gasteiger partial charge in [0.2, 0.25) is 11.8 Å². The molecule has 0 heterocycles. The third-order valence-electron chi connectivity index (χ3n) is 7.97. The first-order valence-corrected chi connectivity index (χ1v) is 16.7. The summed E-state index contributed by atoms with van der Waals surface area (Å²) in [6.07, 6.45) is 0.269. The van der Waals surface area contributed by atoms with Crippen LogP contribution in [0.25, 0.3) is 0 Å². The van der Waals surface area contributed by atoms with E-state index in [1.54, 1.807) is 36.4 Å². The summed E-state index contributed by atoms with van der Waals surface area (Å²) in [5.74, 6) is -0.776. The van der Waals surface area contributed by atoms with Crippen LogP contribution in [0.15, 0.2) is 102 Å². The Morgan fingerprint density at radius 1 is 0.756 bits per heavy atom. The highest BCUT2D eigenvalue weighted by Crippen LogP contribution is 2.27. The lowest BCUT2D eigenvalue weighted by atomic mass is 10.0. The van der Waals surface area contributed by atoms with Crippen LogP contribution in [0, 0.1) is 27.7 Å². The number of rotatable bonds is 12. The van der Waals surface area contributed by atoms with E-state index in [-0.39, 0.29) is 29.8 Å². The van der Waals surface area contributed by atoms with Gasteiger partial charge in [0, 0.05) is 19.0 Å². The summed E-state index contributed by atoms with van der Waals surface area (Å²) < 4.78 is 29.6. The van der Waals surface area contributed by atoms with Crippen molar-refractivity contribution in [1.29, 1.82) is 0 Å². The maximum Gasteiger partial charge on any atom is 0.264 e. The minimum atomic E-state index is -4.15. The summed E-state index contributed by atoms with van der Waals surface area (Å²) >= 11 is 0. The van der Waals surface area contributed by atoms with E-state index < -0.39 is 28.5 Å². The Hall–Kier alpha value is -4.43. The maximum atomic E-state index is 14.6. The molecule has 2 amide bonds. The lowest BCUT2D eigenvalue weighted by Crippen LogP contribution is -2.54. The van der Waals surface area contributed by atoms with Crippen LogP contribution in [0.1, 0.15) is 47.2 Å². The van der Waals surface area contributed by atoms with Crippen molar-refractivity contribution < 1.29 is 18.0 Å². The van der Waals surface area contributed by atoms with Crippen LogP contribution in [0.2, 0.25) is 0 Å². The van der Waals surface area contributed by atoms with Gasteiger partial charge in [0.15, 0.2) is 0 Å². The fraction of sp³-hybridized carbons (Fsp3) is 0.297. The van der Waals surface area contributed by atoms with E-state index in [1.807, 2.05) is 102 Å². The van der Waals surface area contributed by atoms with Gasteiger partial charge in [0.05, 0.1) is 10.6 Å². The number of hydrogen-bond acceptors (Lipinski definition) is 4. The molecule has 8 heteroatoms. The number of carbonyl (C=O) groups excluding carboxylic acids is 2. The number of hydrogen-bond donors (Lipinski definition) is 1. The lowest BCUT2D eigenvalue weighted by molar-refractivity contribution is -0.140. The van der Waals surface area contributed by atoms with Gasteiger partial charge in [-0.1, -0.05) is 78.4 Å². The molecule has 0 unspecified atom stereocenters. The van der Waals surface area contributed by atoms with E-state index in [0.29, 0.717) is 5.69 Å². The van der Waals surface area contributed by atoms with Crippen molar-refractivity contribution in [2.75, 3.05) is 10.8 Å². The van der Waals surface area contributed by atoms with E-state index in [1.165, 1.54) is 4.90 Å². The first kappa shape index (κ1) is 33.5. The first-order valence-electron chi connectivity index (χ1n) is 15.2. The average Bonchev–Trinajstić information content (AvgIpc) is 3.00. The Bertz CT molecular complexity index is 1740. The van der Waals surface area contributed by atoms with Crippen LogP contribution in [0.4, 0.5) is 5.69 Å². The molecular weight excluding hydrogens is 582 g/mol. The largest absolute Gasteiger partial charge is 0.352 e. The molecule has 4 rings (SSSR count). The molecule has 0 bridgehead atoms. The fourth-order valence-electron chi connectivity index (χ4n) is 5.15. The summed E-state index contributed by atoms with van der Waals surface area (Å²) in [7, 11) is -4.15. The van der Waals surface area contributed by atoms with Gasteiger partial charge in [0.25, 0.3) is 10.0 Å². The van der Waals surface area contributed by atoms with E-state index in [2.05, 4.69) is 5.32 Å². The molecule has 1 atom stereocenters. The normalized spacial score (nSPS) is 12.1. The van der Waals surface area contributed by atoms with Crippen LogP contribution in [0.5, 0.6) is 0 Å². The second kappa shape index (κ2) is 14.6. The van der Waals surface area contributed by atoms with Gasteiger partial charge in [-0.05, 0) is 93.6 Å². The first-order chi connectivity index (χ1) is 21.4. The molecule has 4 aromatic carbocycles. The van der Waals surface area contributed by atoms with Gasteiger partial charge in [-0.3, -0.25) is 13.9 Å². The van der Waals surface area contributed by atoms with Gasteiger partial charge in [-0.15, -0.1) is 0 Å². The van der Waals surface area contributed by atoms with E-state index >= 15 is 0 Å². The molecule has 0 aliphatic rings. The summed E-state index contributed by atoms with van der Waals surface area (Å²) in [5, 5.41) is 2.99. The minimum Gasteiger partial charge on any atom is -0.352 e. The van der Waals surface area contributed by atoms with E-state index in [0.717, 1.165) is 37.7 Å². The lowest BCUT2D eigenvalue weighted by Gasteiger charge is -2.34. The third kappa shape index (κ3) is 8.39. The van der Waals surface area contributed by atoms with Gasteiger partial charge in [-0.2, -0.15) is 0 Å². The topological polar surface area (TPSA) is 86.8 Å². The highest BCUT2D eigenvalue weighted by Gasteiger charge is 2.35. The van der Waals surface area contributed by atoms with E-state index in [9.17, 15) is 18.0 Å². The predicted octanol–water partition coefficient (Wildman–Crippen LogP) is 6.28. The van der Waals surface area contributed by atoms with Crippen molar-refractivity contribution in [3.63, 3.8) is 0 Å². The number of anilines is 1. The van der Waals surface area contributed by atoms with Crippen molar-refractivity contribution in [2.45, 2.75) is 71.5 Å². The summed E-state index contributed by atoms with van der Waals surface area (Å²) in [4.78, 5) is 30.0. The molecule has 236 valence electrons. The highest BCUT2D eigenvalue weighted by molar-refractivity contribution is 7.92. The number of amides is 2. The number of carbonyl (C=O) groups is 2. The minimum absolute atomic E-state index is 0.0861. The molecule has 0 radical (unpaired) electrons. The second-order valence-electron chi connectivity index (χ2n) is 11.9. The molecule has 0 spiro atoms. The second-order valence-corrected chi connectivity index (χ2v) is 13.8. The van der Waals surface area contributed by atoms with Crippen LogP contribution < -0.4 is 9.62 Å². The molecule has 0 saturated carbocycles. The maximum absolute atomic E-state index is 14.6. The number of aryl methyl sites for hydroxylation is 4. The fourth-order valence-corrected chi connectivity index (χ4v) is 6.56. The highest BCUT2D eigenvalue weighted by atomic mass is 32.2. The molecule has 0 aliphatic heterocycles. The van der Waals surface area contributed by atoms with Crippen molar-refractivity contribution in [3.05, 3.63) is 130 Å². The molecule has 45 heavy (non-hydrogen) atoms. The predicted molar refractivity (Wildman–Crippen MR) is 181 cm³/mol. The monoisotopic (exact) mass is 625 g/mol. The zero-order chi connectivity index (χ0) is 32.7. The quantitative estimate of drug-likeness (QED) is 0.201.